The molecule has 1 aliphatic heterocycles. The lowest BCUT2D eigenvalue weighted by Crippen LogP contribution is -2.24. The minimum Gasteiger partial charge on any atom is -0.432 e. The van der Waals surface area contributed by atoms with Crippen LogP contribution in [0.4, 0.5) is 24.5 Å². The third-order valence-corrected chi connectivity index (χ3v) is 3.54. The van der Waals surface area contributed by atoms with Crippen LogP contribution in [-0.4, -0.2) is 30.9 Å². The lowest BCUT2D eigenvalue weighted by molar-refractivity contribution is -0.0521. The number of hydrogen-bond donors (Lipinski definition) is 2. The molecule has 2 atom stereocenters. The number of rotatable bonds is 4. The Morgan fingerprint density at radius 2 is 2.15 bits per heavy atom. The van der Waals surface area contributed by atoms with Crippen LogP contribution in [0, 0.1) is 11.7 Å². The van der Waals surface area contributed by atoms with Crippen LogP contribution in [0.1, 0.15) is 13.3 Å². The highest BCUT2D eigenvalue weighted by atomic mass is 19.3. The van der Waals surface area contributed by atoms with E-state index in [9.17, 15) is 18.3 Å². The summed E-state index contributed by atoms with van der Waals surface area (Å²) in [6.45, 7) is -0.223. The van der Waals surface area contributed by atoms with E-state index in [-0.39, 0.29) is 11.6 Å². The Bertz CT molecular complexity index is 483. The van der Waals surface area contributed by atoms with Gasteiger partial charge in [-0.2, -0.15) is 8.78 Å². The molecule has 2 unspecified atom stereocenters. The maximum atomic E-state index is 13.5. The van der Waals surface area contributed by atoms with Crippen molar-refractivity contribution in [2.45, 2.75) is 26.1 Å². The van der Waals surface area contributed by atoms with Crippen molar-refractivity contribution in [3.05, 3.63) is 17.9 Å². The number of halogens is 3. The number of aliphatic hydroxyl groups excluding tert-OH is 1. The Kier molecular flexibility index (Phi) is 4.27. The van der Waals surface area contributed by atoms with E-state index in [1.807, 2.05) is 4.90 Å². The Morgan fingerprint density at radius 3 is 2.70 bits per heavy atom. The second-order valence-corrected chi connectivity index (χ2v) is 4.96. The van der Waals surface area contributed by atoms with Gasteiger partial charge in [-0.15, -0.1) is 0 Å². The van der Waals surface area contributed by atoms with Gasteiger partial charge in [0.15, 0.2) is 11.6 Å². The molecule has 1 aromatic rings. The lowest BCUT2D eigenvalue weighted by Gasteiger charge is -2.22. The highest BCUT2D eigenvalue weighted by molar-refractivity contribution is 5.70. The second-order valence-electron chi connectivity index (χ2n) is 4.96. The van der Waals surface area contributed by atoms with Crippen LogP contribution in [0.2, 0.25) is 0 Å². The number of hydrogen-bond acceptors (Lipinski definition) is 4. The fraction of sp³-hybridized carbons (Fsp3) is 0.538. The number of alkyl halides is 2. The Morgan fingerprint density at radius 1 is 1.45 bits per heavy atom. The van der Waals surface area contributed by atoms with Crippen molar-refractivity contribution >= 4 is 11.4 Å². The molecule has 1 saturated heterocycles. The number of nitrogens with zero attached hydrogens (tertiary/aromatic N) is 1. The highest BCUT2D eigenvalue weighted by Crippen LogP contribution is 2.35. The van der Waals surface area contributed by atoms with Gasteiger partial charge >= 0.3 is 6.61 Å². The van der Waals surface area contributed by atoms with Gasteiger partial charge in [-0.1, -0.05) is 0 Å². The van der Waals surface area contributed by atoms with E-state index in [0.717, 1.165) is 12.5 Å². The topological polar surface area (TPSA) is 58.7 Å². The first-order chi connectivity index (χ1) is 9.38. The predicted octanol–water partition coefficient (Wildman–Crippen LogP) is 2.22. The van der Waals surface area contributed by atoms with Gasteiger partial charge in [0.05, 0.1) is 17.5 Å². The van der Waals surface area contributed by atoms with Gasteiger partial charge in [0, 0.05) is 31.1 Å². The molecule has 1 fully saturated rings. The first-order valence-electron chi connectivity index (χ1n) is 6.35. The molecule has 2 rings (SSSR count). The normalized spacial score (nSPS) is 20.5. The zero-order valence-electron chi connectivity index (χ0n) is 11.0. The zero-order valence-corrected chi connectivity index (χ0v) is 11.0. The van der Waals surface area contributed by atoms with Gasteiger partial charge < -0.3 is 20.5 Å². The quantitative estimate of drug-likeness (QED) is 0.835. The number of ether oxygens (including phenoxy) is 1. The fourth-order valence-corrected chi connectivity index (χ4v) is 2.42. The Hall–Kier alpha value is -1.63. The van der Waals surface area contributed by atoms with Crippen LogP contribution in [-0.2, 0) is 0 Å². The van der Waals surface area contributed by atoms with Gasteiger partial charge in [0.25, 0.3) is 0 Å². The summed E-state index contributed by atoms with van der Waals surface area (Å²) in [6, 6.07) is 2.16. The molecule has 1 aliphatic rings. The Balaban J connectivity index is 2.23. The number of anilines is 2. The number of nitrogens with two attached hydrogens (primary N) is 1. The van der Waals surface area contributed by atoms with Gasteiger partial charge in [-0.25, -0.2) is 4.39 Å². The van der Waals surface area contributed by atoms with Gasteiger partial charge in [-0.05, 0) is 13.3 Å². The summed E-state index contributed by atoms with van der Waals surface area (Å²) in [5.74, 6) is -1.36. The molecule has 0 spiro atoms. The minimum atomic E-state index is -3.09. The largest absolute Gasteiger partial charge is 0.432 e. The van der Waals surface area contributed by atoms with Crippen LogP contribution in [0.5, 0.6) is 5.75 Å². The fourth-order valence-electron chi connectivity index (χ4n) is 2.42. The number of aliphatic hydroxyl groups is 1. The standard InChI is InChI=1S/C13H17F3N2O2/c1-7(19)8-2-3-18(6-8)11-5-12(20-13(15)16)9(14)4-10(11)17/h4-5,7-8,13,19H,2-3,6,17H2,1H3. The smallest absolute Gasteiger partial charge is 0.387 e. The van der Waals surface area contributed by atoms with Gasteiger partial charge in [0.2, 0.25) is 0 Å². The van der Waals surface area contributed by atoms with Crippen molar-refractivity contribution < 1.29 is 23.0 Å². The molecule has 0 amide bonds. The molecule has 7 heteroatoms. The molecule has 3 N–H and O–H groups in total. The van der Waals surface area contributed by atoms with E-state index in [1.165, 1.54) is 6.07 Å². The van der Waals surface area contributed by atoms with Crippen LogP contribution in [0.25, 0.3) is 0 Å². The van der Waals surface area contributed by atoms with Crippen LogP contribution >= 0.6 is 0 Å². The molecule has 0 aliphatic carbocycles. The average molecular weight is 290 g/mol. The van der Waals surface area contributed by atoms with E-state index in [2.05, 4.69) is 4.74 Å². The summed E-state index contributed by atoms with van der Waals surface area (Å²) in [4.78, 5) is 1.84. The van der Waals surface area contributed by atoms with Crippen LogP contribution in [0.15, 0.2) is 12.1 Å². The monoisotopic (exact) mass is 290 g/mol. The molecular formula is C13H17F3N2O2. The molecule has 20 heavy (non-hydrogen) atoms. The summed E-state index contributed by atoms with van der Waals surface area (Å²) in [5.41, 5.74) is 6.35. The molecule has 1 heterocycles. The zero-order chi connectivity index (χ0) is 14.9. The number of benzene rings is 1. The van der Waals surface area contributed by atoms with Gasteiger partial charge in [0.1, 0.15) is 0 Å². The van der Waals surface area contributed by atoms with Crippen LogP contribution in [0.3, 0.4) is 0 Å². The minimum absolute atomic E-state index is 0.0823. The molecule has 0 aromatic heterocycles. The maximum Gasteiger partial charge on any atom is 0.387 e. The van der Waals surface area contributed by atoms with Crippen molar-refractivity contribution in [1.82, 2.24) is 0 Å². The summed E-state index contributed by atoms with van der Waals surface area (Å²) in [6.07, 6.45) is 0.304. The van der Waals surface area contributed by atoms with Crippen molar-refractivity contribution in [3.63, 3.8) is 0 Å². The second kappa shape index (κ2) is 5.78. The van der Waals surface area contributed by atoms with E-state index in [0.29, 0.717) is 18.8 Å². The molecule has 0 bridgehead atoms. The summed E-state index contributed by atoms with van der Waals surface area (Å²) < 4.78 is 42.0. The van der Waals surface area contributed by atoms with Gasteiger partial charge in [-0.3, -0.25) is 0 Å². The van der Waals surface area contributed by atoms with E-state index < -0.39 is 24.3 Å². The van der Waals surface area contributed by atoms with E-state index >= 15 is 0 Å². The molecular weight excluding hydrogens is 273 g/mol. The highest BCUT2D eigenvalue weighted by Gasteiger charge is 2.28. The van der Waals surface area contributed by atoms with E-state index in [1.54, 1.807) is 6.92 Å². The molecule has 0 saturated carbocycles. The summed E-state index contributed by atoms with van der Waals surface area (Å²) in [7, 11) is 0. The molecule has 112 valence electrons. The third-order valence-electron chi connectivity index (χ3n) is 3.54. The van der Waals surface area contributed by atoms with Crippen molar-refractivity contribution in [2.75, 3.05) is 23.7 Å². The van der Waals surface area contributed by atoms with Crippen LogP contribution < -0.4 is 15.4 Å². The third kappa shape index (κ3) is 3.09. The average Bonchev–Trinajstić information content (AvgIpc) is 2.81. The first-order valence-corrected chi connectivity index (χ1v) is 6.35. The Labute approximate surface area is 114 Å². The SMILES string of the molecule is CC(O)C1CCN(c2cc(OC(F)F)c(F)cc2N)C1. The molecule has 1 aromatic carbocycles. The van der Waals surface area contributed by atoms with Crippen molar-refractivity contribution in [1.29, 1.82) is 0 Å². The van der Waals surface area contributed by atoms with Crippen molar-refractivity contribution in [3.8, 4) is 5.75 Å². The summed E-state index contributed by atoms with van der Waals surface area (Å²) >= 11 is 0. The summed E-state index contributed by atoms with van der Waals surface area (Å²) in [5, 5.41) is 9.56. The van der Waals surface area contributed by atoms with Crippen molar-refractivity contribution in [2.24, 2.45) is 5.92 Å². The predicted molar refractivity (Wildman–Crippen MR) is 69.4 cm³/mol. The van der Waals surface area contributed by atoms with E-state index in [4.69, 9.17) is 5.73 Å². The maximum absolute atomic E-state index is 13.5. The molecule has 0 radical (unpaired) electrons. The first kappa shape index (κ1) is 14.8. The lowest BCUT2D eigenvalue weighted by atomic mass is 10.0. The number of nitrogen functional groups attached to an aromatic ring is 1. The molecule has 4 nitrogen and oxygen atoms in total.